The van der Waals surface area contributed by atoms with E-state index in [2.05, 4.69) is 21.0 Å². The molecule has 2 aromatic rings. The maximum atomic E-state index is 10.7. The maximum absolute atomic E-state index is 10.7. The van der Waals surface area contributed by atoms with Gasteiger partial charge in [0.2, 0.25) is 0 Å². The van der Waals surface area contributed by atoms with Crippen LogP contribution in [0.25, 0.3) is 5.69 Å². The number of halogens is 1. The molecule has 4 heteroatoms. The zero-order valence-corrected chi connectivity index (χ0v) is 9.73. The number of carbonyl (C=O) groups is 1. The summed E-state index contributed by atoms with van der Waals surface area (Å²) in [6.07, 6.45) is 2.54. The predicted octanol–water partition coefficient (Wildman–Crippen LogP) is 2.76. The van der Waals surface area contributed by atoms with Crippen molar-refractivity contribution in [3.8, 4) is 5.69 Å². The third kappa shape index (κ3) is 1.99. The van der Waals surface area contributed by atoms with Gasteiger partial charge in [-0.2, -0.15) is 5.10 Å². The van der Waals surface area contributed by atoms with Crippen LogP contribution in [0.5, 0.6) is 0 Å². The third-order valence-corrected chi connectivity index (χ3v) is 2.68. The van der Waals surface area contributed by atoms with Crippen molar-refractivity contribution in [2.75, 3.05) is 0 Å². The summed E-state index contributed by atoms with van der Waals surface area (Å²) in [6, 6.07) is 7.75. The zero-order valence-electron chi connectivity index (χ0n) is 8.14. The number of rotatable bonds is 2. The molecular formula is C11H9BrN2O. The van der Waals surface area contributed by atoms with Crippen molar-refractivity contribution >= 4 is 22.2 Å². The lowest BCUT2D eigenvalue weighted by Crippen LogP contribution is -1.93. The van der Waals surface area contributed by atoms with Crippen molar-refractivity contribution in [1.29, 1.82) is 0 Å². The lowest BCUT2D eigenvalue weighted by molar-refractivity contribution is 0.112. The van der Waals surface area contributed by atoms with E-state index in [0.29, 0.717) is 5.56 Å². The molecule has 0 saturated heterocycles. The second-order valence-electron chi connectivity index (χ2n) is 3.21. The predicted molar refractivity (Wildman–Crippen MR) is 61.4 cm³/mol. The molecule has 76 valence electrons. The van der Waals surface area contributed by atoms with Gasteiger partial charge in [0.05, 0.1) is 16.9 Å². The van der Waals surface area contributed by atoms with Gasteiger partial charge < -0.3 is 0 Å². The van der Waals surface area contributed by atoms with Crippen LogP contribution in [0.2, 0.25) is 0 Å². The summed E-state index contributed by atoms with van der Waals surface area (Å²) >= 11 is 3.37. The van der Waals surface area contributed by atoms with E-state index in [1.54, 1.807) is 10.9 Å². The van der Waals surface area contributed by atoms with E-state index in [0.717, 1.165) is 22.1 Å². The largest absolute Gasteiger partial charge is 0.298 e. The molecular weight excluding hydrogens is 256 g/mol. The minimum atomic E-state index is 0.623. The van der Waals surface area contributed by atoms with Crippen LogP contribution in [0.1, 0.15) is 16.1 Å². The van der Waals surface area contributed by atoms with E-state index in [4.69, 9.17) is 0 Å². The standard InChI is InChI=1S/C11H9BrN2O/c1-8-9(7-15)6-14(13-8)11-4-2-10(12)3-5-11/h2-7H,1H3. The van der Waals surface area contributed by atoms with E-state index in [-0.39, 0.29) is 0 Å². The summed E-state index contributed by atoms with van der Waals surface area (Å²) in [7, 11) is 0. The summed E-state index contributed by atoms with van der Waals surface area (Å²) in [6.45, 7) is 1.82. The molecule has 0 amide bonds. The quantitative estimate of drug-likeness (QED) is 0.782. The molecule has 0 radical (unpaired) electrons. The van der Waals surface area contributed by atoms with Crippen molar-refractivity contribution < 1.29 is 4.79 Å². The highest BCUT2D eigenvalue weighted by atomic mass is 79.9. The monoisotopic (exact) mass is 264 g/mol. The van der Waals surface area contributed by atoms with Crippen LogP contribution in [0.15, 0.2) is 34.9 Å². The summed E-state index contributed by atoms with van der Waals surface area (Å²) < 4.78 is 2.72. The van der Waals surface area contributed by atoms with Crippen molar-refractivity contribution in [3.05, 3.63) is 46.2 Å². The van der Waals surface area contributed by atoms with Gasteiger partial charge in [-0.1, -0.05) is 15.9 Å². The molecule has 0 saturated carbocycles. The number of aromatic nitrogens is 2. The molecule has 0 spiro atoms. The minimum absolute atomic E-state index is 0.623. The van der Waals surface area contributed by atoms with E-state index in [1.165, 1.54) is 0 Å². The fourth-order valence-electron chi connectivity index (χ4n) is 1.32. The Morgan fingerprint density at radius 2 is 2.00 bits per heavy atom. The van der Waals surface area contributed by atoms with Gasteiger partial charge in [0, 0.05) is 10.7 Å². The van der Waals surface area contributed by atoms with Gasteiger partial charge in [0.25, 0.3) is 0 Å². The molecule has 1 aromatic carbocycles. The summed E-state index contributed by atoms with van der Waals surface area (Å²) in [4.78, 5) is 10.7. The van der Waals surface area contributed by atoms with E-state index in [1.807, 2.05) is 31.2 Å². The highest BCUT2D eigenvalue weighted by Gasteiger charge is 2.04. The number of benzene rings is 1. The van der Waals surface area contributed by atoms with Gasteiger partial charge in [-0.3, -0.25) is 4.79 Å². The minimum Gasteiger partial charge on any atom is -0.298 e. The SMILES string of the molecule is Cc1nn(-c2ccc(Br)cc2)cc1C=O. The van der Waals surface area contributed by atoms with E-state index in [9.17, 15) is 4.79 Å². The number of hydrogen-bond donors (Lipinski definition) is 0. The Kier molecular flexibility index (Phi) is 2.68. The zero-order chi connectivity index (χ0) is 10.8. The molecule has 0 bridgehead atoms. The van der Waals surface area contributed by atoms with Gasteiger partial charge in [0.1, 0.15) is 0 Å². The molecule has 1 aromatic heterocycles. The van der Waals surface area contributed by atoms with Gasteiger partial charge >= 0.3 is 0 Å². The van der Waals surface area contributed by atoms with Crippen LogP contribution in [0, 0.1) is 6.92 Å². The second kappa shape index (κ2) is 3.98. The fourth-order valence-corrected chi connectivity index (χ4v) is 1.58. The smallest absolute Gasteiger partial charge is 0.153 e. The first-order valence-corrected chi connectivity index (χ1v) is 5.27. The van der Waals surface area contributed by atoms with E-state index >= 15 is 0 Å². The third-order valence-electron chi connectivity index (χ3n) is 2.16. The van der Waals surface area contributed by atoms with Gasteiger partial charge in [-0.15, -0.1) is 0 Å². The first-order chi connectivity index (χ1) is 7.20. The molecule has 2 rings (SSSR count). The van der Waals surface area contributed by atoms with Crippen LogP contribution < -0.4 is 0 Å². The molecule has 3 nitrogen and oxygen atoms in total. The summed E-state index contributed by atoms with van der Waals surface area (Å²) in [5.41, 5.74) is 2.31. The second-order valence-corrected chi connectivity index (χ2v) is 4.12. The summed E-state index contributed by atoms with van der Waals surface area (Å²) in [5, 5.41) is 4.25. The van der Waals surface area contributed by atoms with Crippen LogP contribution in [-0.4, -0.2) is 16.1 Å². The fraction of sp³-hybridized carbons (Fsp3) is 0.0909. The van der Waals surface area contributed by atoms with E-state index < -0.39 is 0 Å². The number of hydrogen-bond acceptors (Lipinski definition) is 2. The number of aldehydes is 1. The first-order valence-electron chi connectivity index (χ1n) is 4.48. The van der Waals surface area contributed by atoms with Gasteiger partial charge in [-0.05, 0) is 31.2 Å². The normalized spacial score (nSPS) is 10.3. The molecule has 0 atom stereocenters. The Bertz CT molecular complexity index is 488. The topological polar surface area (TPSA) is 34.9 Å². The molecule has 0 unspecified atom stereocenters. The van der Waals surface area contributed by atoms with Crippen LogP contribution in [0.4, 0.5) is 0 Å². The Hall–Kier alpha value is -1.42. The number of aryl methyl sites for hydroxylation is 1. The van der Waals surface area contributed by atoms with Crippen molar-refractivity contribution in [2.24, 2.45) is 0 Å². The molecule has 0 aliphatic carbocycles. The Balaban J connectivity index is 2.45. The number of carbonyl (C=O) groups excluding carboxylic acids is 1. The lowest BCUT2D eigenvalue weighted by atomic mass is 10.3. The Labute approximate surface area is 95.9 Å². The molecule has 15 heavy (non-hydrogen) atoms. The Morgan fingerprint density at radius 1 is 1.33 bits per heavy atom. The molecule has 1 heterocycles. The van der Waals surface area contributed by atoms with Gasteiger partial charge in [-0.25, -0.2) is 4.68 Å². The first kappa shape index (κ1) is 10.1. The molecule has 0 N–H and O–H groups in total. The van der Waals surface area contributed by atoms with Gasteiger partial charge in [0.15, 0.2) is 6.29 Å². The maximum Gasteiger partial charge on any atom is 0.153 e. The van der Waals surface area contributed by atoms with Crippen molar-refractivity contribution in [3.63, 3.8) is 0 Å². The van der Waals surface area contributed by atoms with Crippen molar-refractivity contribution in [1.82, 2.24) is 9.78 Å². The lowest BCUT2D eigenvalue weighted by Gasteiger charge is -2.00. The van der Waals surface area contributed by atoms with Crippen LogP contribution in [-0.2, 0) is 0 Å². The van der Waals surface area contributed by atoms with Crippen LogP contribution in [0.3, 0.4) is 0 Å². The average molecular weight is 265 g/mol. The molecule has 0 aliphatic heterocycles. The van der Waals surface area contributed by atoms with Crippen LogP contribution >= 0.6 is 15.9 Å². The number of nitrogens with zero attached hydrogens (tertiary/aromatic N) is 2. The molecule has 0 aliphatic rings. The highest BCUT2D eigenvalue weighted by molar-refractivity contribution is 9.10. The highest BCUT2D eigenvalue weighted by Crippen LogP contribution is 2.14. The summed E-state index contributed by atoms with van der Waals surface area (Å²) in [5.74, 6) is 0. The average Bonchev–Trinajstić information content (AvgIpc) is 2.61. The molecule has 0 fully saturated rings. The Morgan fingerprint density at radius 3 is 2.53 bits per heavy atom. The van der Waals surface area contributed by atoms with Crippen molar-refractivity contribution in [2.45, 2.75) is 6.92 Å².